The molecule has 1 atom stereocenters. The van der Waals surface area contributed by atoms with E-state index in [1.807, 2.05) is 0 Å². The molecule has 1 N–H and O–H groups in total. The van der Waals surface area contributed by atoms with Crippen molar-refractivity contribution in [3.05, 3.63) is 0 Å². The molecule has 70 valence electrons. The van der Waals surface area contributed by atoms with Gasteiger partial charge in [-0.15, -0.1) is 0 Å². The molecular weight excluding hydrogens is 166 g/mol. The Morgan fingerprint density at radius 3 is 2.58 bits per heavy atom. The summed E-state index contributed by atoms with van der Waals surface area (Å²) in [7, 11) is 0. The lowest BCUT2D eigenvalue weighted by molar-refractivity contribution is 0.340. The molecule has 0 amide bonds. The van der Waals surface area contributed by atoms with E-state index >= 15 is 0 Å². The third-order valence-corrected chi connectivity index (χ3v) is 4.55. The first-order valence-corrected chi connectivity index (χ1v) is 6.34. The monoisotopic (exact) mass is 185 g/mol. The third kappa shape index (κ3) is 2.17. The summed E-state index contributed by atoms with van der Waals surface area (Å²) in [6.45, 7) is 2.50. The zero-order valence-corrected chi connectivity index (χ0v) is 8.54. The Kier molecular flexibility index (Phi) is 3.35. The van der Waals surface area contributed by atoms with Gasteiger partial charge in [-0.25, -0.2) is 0 Å². The lowest BCUT2D eigenvalue weighted by atomic mass is 9.86. The van der Waals surface area contributed by atoms with E-state index in [2.05, 4.69) is 17.1 Å². The second-order valence-corrected chi connectivity index (χ2v) is 5.36. The fourth-order valence-electron chi connectivity index (χ4n) is 2.39. The average molecular weight is 185 g/mol. The van der Waals surface area contributed by atoms with E-state index in [-0.39, 0.29) is 0 Å². The highest BCUT2D eigenvalue weighted by molar-refractivity contribution is 8.00. The molecule has 1 saturated heterocycles. The van der Waals surface area contributed by atoms with Crippen molar-refractivity contribution in [3.63, 3.8) is 0 Å². The molecule has 2 rings (SSSR count). The molecule has 0 radical (unpaired) electrons. The van der Waals surface area contributed by atoms with Gasteiger partial charge in [-0.05, 0) is 18.8 Å². The van der Waals surface area contributed by atoms with Crippen LogP contribution in [0.2, 0.25) is 0 Å². The number of thioether (sulfide) groups is 1. The van der Waals surface area contributed by atoms with Crippen LogP contribution in [0.4, 0.5) is 0 Å². The Hall–Kier alpha value is 0.310. The Labute approximate surface area is 79.7 Å². The van der Waals surface area contributed by atoms with E-state index in [1.165, 1.54) is 50.9 Å². The Bertz CT molecular complexity index is 110. The van der Waals surface area contributed by atoms with Crippen LogP contribution in [0.5, 0.6) is 0 Å². The SMILES string of the molecule is C1CCC(C2CNCCS2)CC1. The highest BCUT2D eigenvalue weighted by Gasteiger charge is 2.25. The van der Waals surface area contributed by atoms with Crippen molar-refractivity contribution in [1.29, 1.82) is 0 Å². The largest absolute Gasteiger partial charge is 0.315 e. The van der Waals surface area contributed by atoms with E-state index < -0.39 is 0 Å². The molecule has 1 heterocycles. The fraction of sp³-hybridized carbons (Fsp3) is 1.00. The lowest BCUT2D eigenvalue weighted by Gasteiger charge is -2.32. The average Bonchev–Trinajstić information content (AvgIpc) is 2.21. The topological polar surface area (TPSA) is 12.0 Å². The molecule has 1 saturated carbocycles. The van der Waals surface area contributed by atoms with Crippen molar-refractivity contribution in [1.82, 2.24) is 5.32 Å². The normalized spacial score (nSPS) is 33.5. The first-order valence-electron chi connectivity index (χ1n) is 5.29. The summed E-state index contributed by atoms with van der Waals surface area (Å²) in [5, 5.41) is 4.45. The maximum absolute atomic E-state index is 3.51. The van der Waals surface area contributed by atoms with Crippen LogP contribution in [0.1, 0.15) is 32.1 Å². The molecule has 0 aromatic rings. The molecule has 1 aliphatic heterocycles. The summed E-state index contributed by atoms with van der Waals surface area (Å²) in [5.74, 6) is 2.37. The fourth-order valence-corrected chi connectivity index (χ4v) is 3.74. The first kappa shape index (κ1) is 8.89. The zero-order valence-electron chi connectivity index (χ0n) is 7.72. The second kappa shape index (κ2) is 4.52. The summed E-state index contributed by atoms with van der Waals surface area (Å²) in [6, 6.07) is 0. The molecule has 0 aromatic heterocycles. The van der Waals surface area contributed by atoms with E-state index in [1.54, 1.807) is 0 Å². The predicted octanol–water partition coefficient (Wildman–Crippen LogP) is 2.27. The molecule has 2 fully saturated rings. The van der Waals surface area contributed by atoms with Crippen LogP contribution in [0.3, 0.4) is 0 Å². The van der Waals surface area contributed by atoms with E-state index in [0.29, 0.717) is 0 Å². The van der Waals surface area contributed by atoms with Gasteiger partial charge in [0.05, 0.1) is 0 Å². The van der Waals surface area contributed by atoms with Gasteiger partial charge in [-0.3, -0.25) is 0 Å². The standard InChI is InChI=1S/C10H19NS/c1-2-4-9(5-3-1)10-8-11-6-7-12-10/h9-11H,1-8H2. The van der Waals surface area contributed by atoms with Gasteiger partial charge in [0.15, 0.2) is 0 Å². The van der Waals surface area contributed by atoms with Gasteiger partial charge < -0.3 is 5.32 Å². The number of hydrogen-bond acceptors (Lipinski definition) is 2. The minimum Gasteiger partial charge on any atom is -0.315 e. The van der Waals surface area contributed by atoms with Crippen LogP contribution in [-0.2, 0) is 0 Å². The van der Waals surface area contributed by atoms with Crippen molar-refractivity contribution in [2.75, 3.05) is 18.8 Å². The summed E-state index contributed by atoms with van der Waals surface area (Å²) >= 11 is 2.21. The van der Waals surface area contributed by atoms with Crippen LogP contribution in [0, 0.1) is 5.92 Å². The molecule has 0 spiro atoms. The Balaban J connectivity index is 1.80. The van der Waals surface area contributed by atoms with Crippen LogP contribution >= 0.6 is 11.8 Å². The van der Waals surface area contributed by atoms with Crippen molar-refractivity contribution in [2.45, 2.75) is 37.4 Å². The van der Waals surface area contributed by atoms with Gasteiger partial charge in [0.2, 0.25) is 0 Å². The molecule has 1 aliphatic carbocycles. The van der Waals surface area contributed by atoms with Crippen molar-refractivity contribution in [2.24, 2.45) is 5.92 Å². The first-order chi connectivity index (χ1) is 5.97. The summed E-state index contributed by atoms with van der Waals surface area (Å²) < 4.78 is 0. The second-order valence-electron chi connectivity index (χ2n) is 4.01. The molecule has 2 aliphatic rings. The minimum atomic E-state index is 0.944. The quantitative estimate of drug-likeness (QED) is 0.672. The highest BCUT2D eigenvalue weighted by Crippen LogP contribution is 2.33. The number of hydrogen-bond donors (Lipinski definition) is 1. The summed E-state index contributed by atoms with van der Waals surface area (Å²) in [5.41, 5.74) is 0. The molecule has 0 bridgehead atoms. The molecule has 2 heteroatoms. The van der Waals surface area contributed by atoms with Crippen LogP contribution in [0.25, 0.3) is 0 Å². The summed E-state index contributed by atoms with van der Waals surface area (Å²) in [4.78, 5) is 0. The number of nitrogens with one attached hydrogen (secondary N) is 1. The van der Waals surface area contributed by atoms with Crippen LogP contribution in [0.15, 0.2) is 0 Å². The maximum Gasteiger partial charge on any atom is 0.0201 e. The lowest BCUT2D eigenvalue weighted by Crippen LogP contribution is -2.37. The highest BCUT2D eigenvalue weighted by atomic mass is 32.2. The van der Waals surface area contributed by atoms with Crippen molar-refractivity contribution in [3.8, 4) is 0 Å². The molecule has 12 heavy (non-hydrogen) atoms. The maximum atomic E-state index is 3.51. The molecule has 1 unspecified atom stereocenters. The van der Waals surface area contributed by atoms with Gasteiger partial charge in [0.25, 0.3) is 0 Å². The zero-order chi connectivity index (χ0) is 8.23. The number of rotatable bonds is 1. The summed E-state index contributed by atoms with van der Waals surface area (Å²) in [6.07, 6.45) is 7.46. The molecule has 1 nitrogen and oxygen atoms in total. The van der Waals surface area contributed by atoms with Crippen LogP contribution < -0.4 is 5.32 Å². The van der Waals surface area contributed by atoms with E-state index in [0.717, 1.165) is 11.2 Å². The Morgan fingerprint density at radius 2 is 1.92 bits per heavy atom. The van der Waals surface area contributed by atoms with Gasteiger partial charge in [-0.1, -0.05) is 19.3 Å². The van der Waals surface area contributed by atoms with Crippen molar-refractivity contribution >= 4 is 11.8 Å². The van der Waals surface area contributed by atoms with Crippen molar-refractivity contribution < 1.29 is 0 Å². The van der Waals surface area contributed by atoms with E-state index in [9.17, 15) is 0 Å². The smallest absolute Gasteiger partial charge is 0.0201 e. The minimum absolute atomic E-state index is 0.944. The van der Waals surface area contributed by atoms with Gasteiger partial charge in [-0.2, -0.15) is 11.8 Å². The third-order valence-electron chi connectivity index (χ3n) is 3.13. The van der Waals surface area contributed by atoms with Gasteiger partial charge in [0.1, 0.15) is 0 Å². The van der Waals surface area contributed by atoms with Gasteiger partial charge in [0, 0.05) is 24.1 Å². The predicted molar refractivity (Wildman–Crippen MR) is 55.7 cm³/mol. The molecular formula is C10H19NS. The molecule has 0 aromatic carbocycles. The Morgan fingerprint density at radius 1 is 1.08 bits per heavy atom. The van der Waals surface area contributed by atoms with E-state index in [4.69, 9.17) is 0 Å². The van der Waals surface area contributed by atoms with Crippen LogP contribution in [-0.4, -0.2) is 24.1 Å². The van der Waals surface area contributed by atoms with Gasteiger partial charge >= 0.3 is 0 Å².